The number of hydrogen-bond acceptors (Lipinski definition) is 3. The number of rotatable bonds is 2. The molecule has 1 aliphatic heterocycles. The maximum atomic E-state index is 5.92. The van der Waals surface area contributed by atoms with Crippen molar-refractivity contribution in [3.8, 4) is 0 Å². The maximum Gasteiger partial charge on any atom is 0.111 e. The fraction of sp³-hybridized carbons (Fsp3) is 0.471. The van der Waals surface area contributed by atoms with Crippen LogP contribution >= 0.6 is 0 Å². The van der Waals surface area contributed by atoms with Crippen LogP contribution in [0.5, 0.6) is 0 Å². The minimum atomic E-state index is 0.121. The van der Waals surface area contributed by atoms with Gasteiger partial charge in [-0.1, -0.05) is 24.3 Å². The summed E-state index contributed by atoms with van der Waals surface area (Å²) in [5, 5.41) is 3.41. The fourth-order valence-corrected chi connectivity index (χ4v) is 3.60. The highest BCUT2D eigenvalue weighted by Crippen LogP contribution is 2.35. The summed E-state index contributed by atoms with van der Waals surface area (Å²) < 4.78 is 8.25. The fourth-order valence-electron chi connectivity index (χ4n) is 3.60. The second-order valence-electron chi connectivity index (χ2n) is 5.90. The first-order chi connectivity index (χ1) is 10.4. The number of morpholine rings is 1. The van der Waals surface area contributed by atoms with Crippen LogP contribution in [0.2, 0.25) is 0 Å². The van der Waals surface area contributed by atoms with E-state index in [9.17, 15) is 0 Å². The number of imidazole rings is 1. The van der Waals surface area contributed by atoms with Gasteiger partial charge in [-0.2, -0.15) is 0 Å². The standard InChI is InChI=1S/C17H21N3O/c1-2-6-14-13(4-1)5-3-7-15(14)20-12-19-10-16(20)17-11-18-8-9-21-17/h1-2,4,6,10,12,15,17-18H,3,5,7-9,11H2. The molecule has 2 unspecified atom stereocenters. The molecule has 1 aromatic heterocycles. The molecule has 2 aliphatic rings. The second kappa shape index (κ2) is 5.62. The van der Waals surface area contributed by atoms with Gasteiger partial charge in [0.05, 0.1) is 30.9 Å². The summed E-state index contributed by atoms with van der Waals surface area (Å²) in [6.07, 6.45) is 7.67. The van der Waals surface area contributed by atoms with Gasteiger partial charge in [-0.15, -0.1) is 0 Å². The van der Waals surface area contributed by atoms with Crippen molar-refractivity contribution in [1.29, 1.82) is 0 Å². The molecule has 2 atom stereocenters. The van der Waals surface area contributed by atoms with Crippen molar-refractivity contribution in [2.24, 2.45) is 0 Å². The van der Waals surface area contributed by atoms with Crippen molar-refractivity contribution in [1.82, 2.24) is 14.9 Å². The number of aromatic nitrogens is 2. The molecule has 4 nitrogen and oxygen atoms in total. The number of fused-ring (bicyclic) bond motifs is 1. The van der Waals surface area contributed by atoms with E-state index in [2.05, 4.69) is 39.1 Å². The Morgan fingerprint density at radius 1 is 1.29 bits per heavy atom. The number of nitrogens with zero attached hydrogens (tertiary/aromatic N) is 2. The lowest BCUT2D eigenvalue weighted by molar-refractivity contribution is 0.0221. The smallest absolute Gasteiger partial charge is 0.111 e. The van der Waals surface area contributed by atoms with Crippen LogP contribution in [-0.2, 0) is 11.2 Å². The number of benzene rings is 1. The van der Waals surface area contributed by atoms with E-state index in [0.29, 0.717) is 6.04 Å². The first kappa shape index (κ1) is 13.0. The Hall–Kier alpha value is -1.65. The van der Waals surface area contributed by atoms with Crippen LogP contribution in [0.15, 0.2) is 36.8 Å². The van der Waals surface area contributed by atoms with E-state index in [1.807, 2.05) is 12.5 Å². The van der Waals surface area contributed by atoms with E-state index in [1.165, 1.54) is 36.1 Å². The predicted molar refractivity (Wildman–Crippen MR) is 81.3 cm³/mol. The van der Waals surface area contributed by atoms with Crippen molar-refractivity contribution in [3.63, 3.8) is 0 Å². The molecule has 4 rings (SSSR count). The highest BCUT2D eigenvalue weighted by molar-refractivity contribution is 5.33. The Balaban J connectivity index is 1.70. The number of nitrogens with one attached hydrogen (secondary N) is 1. The highest BCUT2D eigenvalue weighted by atomic mass is 16.5. The van der Waals surface area contributed by atoms with Gasteiger partial charge in [-0.3, -0.25) is 0 Å². The van der Waals surface area contributed by atoms with Gasteiger partial charge in [0.2, 0.25) is 0 Å². The van der Waals surface area contributed by atoms with Crippen molar-refractivity contribution < 1.29 is 4.74 Å². The van der Waals surface area contributed by atoms with Gasteiger partial charge in [0.25, 0.3) is 0 Å². The van der Waals surface area contributed by atoms with Crippen LogP contribution in [0.3, 0.4) is 0 Å². The first-order valence-electron chi connectivity index (χ1n) is 7.85. The Morgan fingerprint density at radius 2 is 2.24 bits per heavy atom. The molecule has 1 aliphatic carbocycles. The number of aryl methyl sites for hydroxylation is 1. The van der Waals surface area contributed by atoms with Gasteiger partial charge in [-0.05, 0) is 30.4 Å². The second-order valence-corrected chi connectivity index (χ2v) is 5.90. The summed E-state index contributed by atoms with van der Waals surface area (Å²) in [5.41, 5.74) is 4.13. The van der Waals surface area contributed by atoms with Crippen molar-refractivity contribution >= 4 is 0 Å². The van der Waals surface area contributed by atoms with Crippen LogP contribution in [0.4, 0.5) is 0 Å². The lowest BCUT2D eigenvalue weighted by atomic mass is 9.87. The van der Waals surface area contributed by atoms with Gasteiger partial charge in [-0.25, -0.2) is 4.98 Å². The molecule has 0 amide bonds. The Morgan fingerprint density at radius 3 is 3.14 bits per heavy atom. The normalized spacial score (nSPS) is 25.5. The first-order valence-corrected chi connectivity index (χ1v) is 7.85. The van der Waals surface area contributed by atoms with Gasteiger partial charge in [0.1, 0.15) is 6.10 Å². The molecule has 1 aromatic carbocycles. The zero-order valence-electron chi connectivity index (χ0n) is 12.2. The molecular weight excluding hydrogens is 262 g/mol. The van der Waals surface area contributed by atoms with Crippen molar-refractivity contribution in [3.05, 3.63) is 53.6 Å². The van der Waals surface area contributed by atoms with Gasteiger partial charge >= 0.3 is 0 Å². The molecule has 0 bridgehead atoms. The third kappa shape index (κ3) is 2.39. The molecule has 110 valence electrons. The summed E-state index contributed by atoms with van der Waals surface area (Å²) in [5.74, 6) is 0. The molecule has 2 heterocycles. The summed E-state index contributed by atoms with van der Waals surface area (Å²) in [6.45, 7) is 2.59. The van der Waals surface area contributed by atoms with Gasteiger partial charge in [0.15, 0.2) is 0 Å². The third-order valence-electron chi connectivity index (χ3n) is 4.63. The van der Waals surface area contributed by atoms with Crippen LogP contribution in [0.25, 0.3) is 0 Å². The number of ether oxygens (including phenoxy) is 1. The molecule has 1 saturated heterocycles. The van der Waals surface area contributed by atoms with Gasteiger partial charge in [0, 0.05) is 13.1 Å². The summed E-state index contributed by atoms with van der Waals surface area (Å²) in [6, 6.07) is 9.22. The number of hydrogen-bond donors (Lipinski definition) is 1. The topological polar surface area (TPSA) is 39.1 Å². The zero-order valence-corrected chi connectivity index (χ0v) is 12.2. The van der Waals surface area contributed by atoms with Crippen LogP contribution < -0.4 is 5.32 Å². The van der Waals surface area contributed by atoms with Crippen molar-refractivity contribution in [2.75, 3.05) is 19.7 Å². The van der Waals surface area contributed by atoms with Crippen LogP contribution in [0, 0.1) is 0 Å². The quantitative estimate of drug-likeness (QED) is 0.920. The Bertz CT molecular complexity index is 616. The molecule has 1 N–H and O–H groups in total. The highest BCUT2D eigenvalue weighted by Gasteiger charge is 2.26. The zero-order chi connectivity index (χ0) is 14.1. The van der Waals surface area contributed by atoms with E-state index in [0.717, 1.165) is 19.7 Å². The molecule has 0 spiro atoms. The summed E-state index contributed by atoms with van der Waals surface area (Å²) >= 11 is 0. The lowest BCUT2D eigenvalue weighted by Gasteiger charge is -2.31. The average molecular weight is 283 g/mol. The van der Waals surface area contributed by atoms with Crippen LogP contribution in [0.1, 0.15) is 41.8 Å². The van der Waals surface area contributed by atoms with E-state index in [-0.39, 0.29) is 6.10 Å². The molecule has 1 fully saturated rings. The largest absolute Gasteiger partial charge is 0.369 e. The Labute approximate surface area is 125 Å². The van der Waals surface area contributed by atoms with Crippen molar-refractivity contribution in [2.45, 2.75) is 31.4 Å². The molecular formula is C17H21N3O. The summed E-state index contributed by atoms with van der Waals surface area (Å²) in [7, 11) is 0. The average Bonchev–Trinajstić information content (AvgIpc) is 3.04. The maximum absolute atomic E-state index is 5.92. The lowest BCUT2D eigenvalue weighted by Crippen LogP contribution is -2.35. The van der Waals surface area contributed by atoms with E-state index >= 15 is 0 Å². The minimum Gasteiger partial charge on any atom is -0.369 e. The van der Waals surface area contributed by atoms with E-state index < -0.39 is 0 Å². The molecule has 0 saturated carbocycles. The SMILES string of the molecule is c1ccc2c(c1)CCCC2n1cncc1C1CNCCO1. The third-order valence-corrected chi connectivity index (χ3v) is 4.63. The van der Waals surface area contributed by atoms with Gasteiger partial charge < -0.3 is 14.6 Å². The van der Waals surface area contributed by atoms with E-state index in [4.69, 9.17) is 4.74 Å². The molecule has 21 heavy (non-hydrogen) atoms. The predicted octanol–water partition coefficient (Wildman–Crippen LogP) is 2.47. The molecule has 4 heteroatoms. The monoisotopic (exact) mass is 283 g/mol. The summed E-state index contributed by atoms with van der Waals surface area (Å²) in [4.78, 5) is 4.40. The van der Waals surface area contributed by atoms with Crippen LogP contribution in [-0.4, -0.2) is 29.2 Å². The molecule has 0 radical (unpaired) electrons. The minimum absolute atomic E-state index is 0.121. The van der Waals surface area contributed by atoms with E-state index in [1.54, 1.807) is 0 Å². The Kier molecular flexibility index (Phi) is 3.49. The molecule has 2 aromatic rings.